The molecule has 5 nitrogen and oxygen atoms in total. The first-order valence-electron chi connectivity index (χ1n) is 6.23. The van der Waals surface area contributed by atoms with Crippen LogP contribution < -0.4 is 0 Å². The smallest absolute Gasteiger partial charge is 0.353 e. The molecule has 2 aliphatic rings. The lowest BCUT2D eigenvalue weighted by atomic mass is 9.92. The van der Waals surface area contributed by atoms with E-state index in [1.807, 2.05) is 30.3 Å². The monoisotopic (exact) mass is 291 g/mol. The number of hydrogen-bond acceptors (Lipinski definition) is 4. The van der Waals surface area contributed by atoms with Crippen LogP contribution in [0.2, 0.25) is 0 Å². The summed E-state index contributed by atoms with van der Waals surface area (Å²) in [6.07, 6.45) is -0.776. The van der Waals surface area contributed by atoms with Gasteiger partial charge in [0.15, 0.2) is 0 Å². The number of carbonyl (C=O) groups excluding carboxylic acids is 1. The lowest BCUT2D eigenvalue weighted by Gasteiger charge is -2.43. The van der Waals surface area contributed by atoms with E-state index < -0.39 is 18.0 Å². The first kappa shape index (κ1) is 13.2. The van der Waals surface area contributed by atoms with E-state index in [4.69, 9.17) is 0 Å². The molecule has 0 aliphatic carbocycles. The Morgan fingerprint density at radius 3 is 2.55 bits per heavy atom. The number of carboxylic acids is 1. The lowest BCUT2D eigenvalue weighted by molar-refractivity contribution is -0.156. The molecule has 0 bridgehead atoms. The molecule has 1 saturated heterocycles. The zero-order valence-corrected chi connectivity index (χ0v) is 11.5. The highest BCUT2D eigenvalue weighted by molar-refractivity contribution is 8.09. The zero-order valence-electron chi connectivity index (χ0n) is 10.7. The Kier molecular flexibility index (Phi) is 3.07. The summed E-state index contributed by atoms with van der Waals surface area (Å²) in [6, 6.07) is 9.14. The van der Waals surface area contributed by atoms with E-state index in [0.717, 1.165) is 5.56 Å². The second-order valence-electron chi connectivity index (χ2n) is 4.83. The molecule has 2 heterocycles. The van der Waals surface area contributed by atoms with Crippen molar-refractivity contribution >= 4 is 28.5 Å². The molecule has 20 heavy (non-hydrogen) atoms. The standard InChI is InChI=1S/C14H13NO4S/c1-7(16)9-12(17)15-10(14(18)19)11(20-13(9)15)8-5-3-2-4-6-8/h2-7,9,13,16H,1H3,(H,18,19)/t7-,9?,13?/m1/s1. The molecule has 0 radical (unpaired) electrons. The molecule has 3 rings (SSSR count). The van der Waals surface area contributed by atoms with E-state index in [2.05, 4.69) is 0 Å². The van der Waals surface area contributed by atoms with Gasteiger partial charge in [0, 0.05) is 4.91 Å². The largest absolute Gasteiger partial charge is 0.477 e. The molecule has 2 aliphatic heterocycles. The van der Waals surface area contributed by atoms with E-state index >= 15 is 0 Å². The number of fused-ring (bicyclic) bond motifs is 1. The summed E-state index contributed by atoms with van der Waals surface area (Å²) >= 11 is 1.33. The third-order valence-corrected chi connectivity index (χ3v) is 4.95. The maximum absolute atomic E-state index is 12.0. The molecule has 1 aromatic rings. The highest BCUT2D eigenvalue weighted by Gasteiger charge is 2.57. The van der Waals surface area contributed by atoms with Crippen LogP contribution in [0.4, 0.5) is 0 Å². The number of β-lactam (4-membered cyclic amide) rings is 1. The van der Waals surface area contributed by atoms with Gasteiger partial charge in [-0.2, -0.15) is 0 Å². The summed E-state index contributed by atoms with van der Waals surface area (Å²) in [6.45, 7) is 1.56. The van der Waals surface area contributed by atoms with E-state index in [1.54, 1.807) is 6.92 Å². The van der Waals surface area contributed by atoms with Gasteiger partial charge in [-0.15, -0.1) is 0 Å². The first-order valence-corrected chi connectivity index (χ1v) is 7.11. The number of carbonyl (C=O) groups is 2. The van der Waals surface area contributed by atoms with Crippen LogP contribution in [0.1, 0.15) is 12.5 Å². The van der Waals surface area contributed by atoms with Crippen molar-refractivity contribution in [1.82, 2.24) is 4.90 Å². The van der Waals surface area contributed by atoms with Crippen molar-refractivity contribution in [1.29, 1.82) is 0 Å². The van der Waals surface area contributed by atoms with Crippen molar-refractivity contribution in [3.63, 3.8) is 0 Å². The van der Waals surface area contributed by atoms with Crippen LogP contribution in [-0.4, -0.2) is 38.5 Å². The Morgan fingerprint density at radius 2 is 2.00 bits per heavy atom. The Balaban J connectivity index is 2.03. The van der Waals surface area contributed by atoms with E-state index in [1.165, 1.54) is 16.7 Å². The van der Waals surface area contributed by atoms with Gasteiger partial charge < -0.3 is 10.2 Å². The third-order valence-electron chi connectivity index (χ3n) is 3.54. The van der Waals surface area contributed by atoms with Crippen molar-refractivity contribution < 1.29 is 19.8 Å². The Morgan fingerprint density at radius 1 is 1.35 bits per heavy atom. The highest BCUT2D eigenvalue weighted by Crippen LogP contribution is 2.53. The summed E-state index contributed by atoms with van der Waals surface area (Å²) < 4.78 is 0. The summed E-state index contributed by atoms with van der Waals surface area (Å²) in [5.41, 5.74) is 0.801. The van der Waals surface area contributed by atoms with Gasteiger partial charge in [0.2, 0.25) is 5.91 Å². The fourth-order valence-electron chi connectivity index (χ4n) is 2.57. The van der Waals surface area contributed by atoms with Gasteiger partial charge >= 0.3 is 5.97 Å². The van der Waals surface area contributed by atoms with Crippen LogP contribution in [0, 0.1) is 5.92 Å². The van der Waals surface area contributed by atoms with E-state index in [9.17, 15) is 19.8 Å². The number of carboxylic acid groups (broad SMARTS) is 1. The number of aliphatic hydroxyl groups excluding tert-OH is 1. The van der Waals surface area contributed by atoms with Crippen LogP contribution in [-0.2, 0) is 9.59 Å². The Bertz CT molecular complexity index is 611. The number of nitrogens with zero attached hydrogens (tertiary/aromatic N) is 1. The minimum atomic E-state index is -1.11. The predicted octanol–water partition coefficient (Wildman–Crippen LogP) is 1.35. The summed E-state index contributed by atoms with van der Waals surface area (Å²) in [4.78, 5) is 25.4. The Hall–Kier alpha value is -1.79. The minimum Gasteiger partial charge on any atom is -0.477 e. The topological polar surface area (TPSA) is 77.8 Å². The molecular weight excluding hydrogens is 278 g/mol. The molecule has 0 saturated carbocycles. The van der Waals surface area contributed by atoms with E-state index in [-0.39, 0.29) is 17.0 Å². The van der Waals surface area contributed by atoms with Crippen LogP contribution in [0.25, 0.3) is 4.91 Å². The fourth-order valence-corrected chi connectivity index (χ4v) is 4.19. The lowest BCUT2D eigenvalue weighted by Crippen LogP contribution is -2.60. The molecule has 0 spiro atoms. The number of benzene rings is 1. The van der Waals surface area contributed by atoms with Gasteiger partial charge in [0.05, 0.1) is 12.0 Å². The number of aliphatic hydroxyl groups is 1. The van der Waals surface area contributed by atoms with Gasteiger partial charge in [-0.1, -0.05) is 42.1 Å². The molecule has 2 N–H and O–H groups in total. The molecule has 1 aromatic carbocycles. The third kappa shape index (κ3) is 1.76. The van der Waals surface area contributed by atoms with Gasteiger partial charge in [0.25, 0.3) is 0 Å². The predicted molar refractivity (Wildman–Crippen MR) is 74.4 cm³/mol. The summed E-state index contributed by atoms with van der Waals surface area (Å²) in [7, 11) is 0. The summed E-state index contributed by atoms with van der Waals surface area (Å²) in [5, 5.41) is 18.7. The first-order chi connectivity index (χ1) is 9.52. The Labute approximate surface area is 119 Å². The number of aliphatic carboxylic acids is 1. The van der Waals surface area contributed by atoms with Crippen molar-refractivity contribution in [2.45, 2.75) is 18.4 Å². The molecule has 2 unspecified atom stereocenters. The highest BCUT2D eigenvalue weighted by atomic mass is 32.2. The SMILES string of the molecule is C[C@@H](O)C1C(=O)N2C(C(=O)O)=C(c3ccccc3)SC12. The zero-order chi connectivity index (χ0) is 14.4. The molecule has 0 aromatic heterocycles. The van der Waals surface area contributed by atoms with Gasteiger partial charge in [-0.25, -0.2) is 4.79 Å². The normalized spacial score (nSPS) is 26.3. The second-order valence-corrected chi connectivity index (χ2v) is 5.96. The van der Waals surface area contributed by atoms with Gasteiger partial charge in [0.1, 0.15) is 11.1 Å². The molecule has 6 heteroatoms. The average Bonchev–Trinajstić information content (AvgIpc) is 2.74. The van der Waals surface area contributed by atoms with Crippen molar-refractivity contribution in [3.8, 4) is 0 Å². The van der Waals surface area contributed by atoms with Crippen molar-refractivity contribution in [2.24, 2.45) is 5.92 Å². The average molecular weight is 291 g/mol. The van der Waals surface area contributed by atoms with Crippen LogP contribution >= 0.6 is 11.8 Å². The summed E-state index contributed by atoms with van der Waals surface area (Å²) in [5.74, 6) is -1.97. The minimum absolute atomic E-state index is 0.0214. The quantitative estimate of drug-likeness (QED) is 0.822. The maximum Gasteiger partial charge on any atom is 0.353 e. The maximum atomic E-state index is 12.0. The fraction of sp³-hybridized carbons (Fsp3) is 0.286. The van der Waals surface area contributed by atoms with Crippen molar-refractivity contribution in [2.75, 3.05) is 0 Å². The van der Waals surface area contributed by atoms with Crippen LogP contribution in [0.15, 0.2) is 36.0 Å². The molecule has 1 amide bonds. The second kappa shape index (κ2) is 4.64. The number of rotatable bonds is 3. The van der Waals surface area contributed by atoms with Gasteiger partial charge in [-0.05, 0) is 12.5 Å². The number of amides is 1. The van der Waals surface area contributed by atoms with Crippen LogP contribution in [0.3, 0.4) is 0 Å². The van der Waals surface area contributed by atoms with E-state index in [0.29, 0.717) is 4.91 Å². The van der Waals surface area contributed by atoms with Crippen molar-refractivity contribution in [3.05, 3.63) is 41.6 Å². The van der Waals surface area contributed by atoms with Crippen LogP contribution in [0.5, 0.6) is 0 Å². The molecule has 3 atom stereocenters. The van der Waals surface area contributed by atoms with Gasteiger partial charge in [-0.3, -0.25) is 9.69 Å². The molecule has 1 fully saturated rings. The number of thioether (sulfide) groups is 1. The molecule has 104 valence electrons. The number of hydrogen-bond donors (Lipinski definition) is 2. The molecular formula is C14H13NO4S.